The highest BCUT2D eigenvalue weighted by Crippen LogP contribution is 2.22. The van der Waals surface area contributed by atoms with E-state index in [9.17, 15) is 9.90 Å². The Bertz CT molecular complexity index is 420. The number of methoxy groups -OCH3 is 1. The smallest absolute Gasteiger partial charge is 0.226 e. The van der Waals surface area contributed by atoms with E-state index < -0.39 is 6.10 Å². The van der Waals surface area contributed by atoms with Gasteiger partial charge in [-0.15, -0.1) is 0 Å². The van der Waals surface area contributed by atoms with E-state index in [1.807, 2.05) is 11.9 Å². The summed E-state index contributed by atoms with van der Waals surface area (Å²) in [6, 6.07) is 0. The average molecular weight is 254 g/mol. The van der Waals surface area contributed by atoms with Crippen molar-refractivity contribution in [1.82, 2.24) is 15.1 Å². The Morgan fingerprint density at radius 1 is 1.72 bits per heavy atom. The van der Waals surface area contributed by atoms with Crippen molar-refractivity contribution in [3.8, 4) is 5.75 Å². The number of likely N-dealkylation sites (tertiary alicyclic amines) is 1. The van der Waals surface area contributed by atoms with Crippen molar-refractivity contribution in [2.24, 2.45) is 5.92 Å². The van der Waals surface area contributed by atoms with Crippen molar-refractivity contribution in [1.29, 1.82) is 0 Å². The largest absolute Gasteiger partial charge is 0.491 e. The molecule has 100 valence electrons. The highest BCUT2D eigenvalue weighted by Gasteiger charge is 2.30. The number of likely N-dealkylation sites (N-methyl/N-ethyl adjacent to an activating group) is 1. The van der Waals surface area contributed by atoms with Crippen molar-refractivity contribution in [2.45, 2.75) is 12.5 Å². The maximum absolute atomic E-state index is 11.8. The lowest BCUT2D eigenvalue weighted by atomic mass is 10.0. The lowest BCUT2D eigenvalue weighted by Crippen LogP contribution is -2.24. The number of hydrogen-bond donors (Lipinski definition) is 3. The summed E-state index contributed by atoms with van der Waals surface area (Å²) in [5, 5.41) is 18.9. The molecular weight excluding hydrogens is 236 g/mol. The van der Waals surface area contributed by atoms with E-state index in [0.29, 0.717) is 18.1 Å². The van der Waals surface area contributed by atoms with E-state index in [1.165, 1.54) is 13.3 Å². The van der Waals surface area contributed by atoms with E-state index in [2.05, 4.69) is 15.5 Å². The third kappa shape index (κ3) is 2.80. The minimum Gasteiger partial charge on any atom is -0.491 e. The van der Waals surface area contributed by atoms with Crippen molar-refractivity contribution in [2.75, 3.05) is 32.6 Å². The Morgan fingerprint density at radius 2 is 2.50 bits per heavy atom. The molecule has 0 spiro atoms. The highest BCUT2D eigenvalue weighted by molar-refractivity contribution is 5.91. The maximum Gasteiger partial charge on any atom is 0.226 e. The molecule has 7 nitrogen and oxygen atoms in total. The second-order valence-corrected chi connectivity index (χ2v) is 4.61. The zero-order valence-electron chi connectivity index (χ0n) is 10.5. The zero-order chi connectivity index (χ0) is 13.1. The molecule has 1 amide bonds. The fraction of sp³-hybridized carbons (Fsp3) is 0.636. The van der Waals surface area contributed by atoms with Crippen LogP contribution in [0.15, 0.2) is 6.20 Å². The van der Waals surface area contributed by atoms with Crippen LogP contribution in [0.5, 0.6) is 5.75 Å². The third-order valence-electron chi connectivity index (χ3n) is 3.13. The molecule has 0 aliphatic carbocycles. The molecule has 0 saturated carbocycles. The van der Waals surface area contributed by atoms with Gasteiger partial charge in [0.25, 0.3) is 0 Å². The molecule has 1 fully saturated rings. The number of amides is 1. The molecular formula is C11H18N4O3. The number of H-pyrrole nitrogens is 1. The predicted molar refractivity (Wildman–Crippen MR) is 65.4 cm³/mol. The molecule has 7 heteroatoms. The number of aliphatic hydroxyl groups is 1. The molecule has 1 aromatic rings. The van der Waals surface area contributed by atoms with Crippen LogP contribution in [0.2, 0.25) is 0 Å². The topological polar surface area (TPSA) is 90.5 Å². The van der Waals surface area contributed by atoms with Gasteiger partial charge in [-0.3, -0.25) is 9.89 Å². The van der Waals surface area contributed by atoms with E-state index in [0.717, 1.165) is 6.54 Å². The summed E-state index contributed by atoms with van der Waals surface area (Å²) in [5.74, 6) is 0.761. The van der Waals surface area contributed by atoms with Crippen molar-refractivity contribution < 1.29 is 14.6 Å². The number of hydrogen-bond acceptors (Lipinski definition) is 5. The molecule has 0 radical (unpaired) electrons. The van der Waals surface area contributed by atoms with Crippen LogP contribution in [0, 0.1) is 5.92 Å². The fourth-order valence-electron chi connectivity index (χ4n) is 2.21. The normalized spacial score (nSPS) is 24.2. The van der Waals surface area contributed by atoms with Crippen molar-refractivity contribution in [3.63, 3.8) is 0 Å². The first kappa shape index (κ1) is 12.8. The molecule has 1 aliphatic heterocycles. The number of carbonyl (C=O) groups is 1. The number of ether oxygens (including phenoxy) is 1. The predicted octanol–water partition coefficient (Wildman–Crippen LogP) is -0.331. The lowest BCUT2D eigenvalue weighted by Gasteiger charge is -2.12. The Labute approximate surface area is 105 Å². The van der Waals surface area contributed by atoms with Crippen LogP contribution in [0.25, 0.3) is 0 Å². The van der Waals surface area contributed by atoms with Gasteiger partial charge in [0.2, 0.25) is 5.91 Å². The zero-order valence-corrected chi connectivity index (χ0v) is 10.5. The van der Waals surface area contributed by atoms with E-state index in [1.54, 1.807) is 0 Å². The van der Waals surface area contributed by atoms with Gasteiger partial charge in [0.1, 0.15) is 0 Å². The molecule has 2 heterocycles. The molecule has 1 aliphatic rings. The summed E-state index contributed by atoms with van der Waals surface area (Å²) in [5.41, 5.74) is 0. The maximum atomic E-state index is 11.8. The third-order valence-corrected chi connectivity index (χ3v) is 3.13. The Morgan fingerprint density at radius 3 is 3.11 bits per heavy atom. The second-order valence-electron chi connectivity index (χ2n) is 4.61. The van der Waals surface area contributed by atoms with Crippen molar-refractivity contribution in [3.05, 3.63) is 6.20 Å². The van der Waals surface area contributed by atoms with Gasteiger partial charge in [-0.25, -0.2) is 0 Å². The molecule has 3 N–H and O–H groups in total. The second kappa shape index (κ2) is 5.36. The SMILES string of the molecule is COc1cn[nH]c1NC(=O)C[C@@H]1CN(C)C[C@H]1O. The van der Waals surface area contributed by atoms with Gasteiger partial charge in [0.05, 0.1) is 19.4 Å². The molecule has 0 bridgehead atoms. The number of nitrogens with zero attached hydrogens (tertiary/aromatic N) is 2. The minimum absolute atomic E-state index is 0.0242. The summed E-state index contributed by atoms with van der Waals surface area (Å²) >= 11 is 0. The molecule has 2 rings (SSSR count). The van der Waals surface area contributed by atoms with Gasteiger partial charge < -0.3 is 20.1 Å². The van der Waals surface area contributed by atoms with Gasteiger partial charge in [0.15, 0.2) is 11.6 Å². The lowest BCUT2D eigenvalue weighted by molar-refractivity contribution is -0.117. The molecule has 1 aromatic heterocycles. The Balaban J connectivity index is 1.89. The van der Waals surface area contributed by atoms with Gasteiger partial charge in [-0.1, -0.05) is 0 Å². The van der Waals surface area contributed by atoms with Crippen LogP contribution in [0.1, 0.15) is 6.42 Å². The Hall–Kier alpha value is -1.60. The number of β-amino-alcohol motifs (C(OH)–C–C–N with tert-alkyl or cyclic N) is 1. The molecule has 0 aromatic carbocycles. The van der Waals surface area contributed by atoms with Gasteiger partial charge in [-0.05, 0) is 7.05 Å². The van der Waals surface area contributed by atoms with E-state index >= 15 is 0 Å². The first-order valence-corrected chi connectivity index (χ1v) is 5.84. The minimum atomic E-state index is -0.440. The summed E-state index contributed by atoms with van der Waals surface area (Å²) < 4.78 is 5.03. The van der Waals surface area contributed by atoms with E-state index in [4.69, 9.17) is 4.74 Å². The summed E-state index contributed by atoms with van der Waals surface area (Å²) in [7, 11) is 3.44. The quantitative estimate of drug-likeness (QED) is 0.684. The first-order valence-electron chi connectivity index (χ1n) is 5.84. The number of carbonyl (C=O) groups excluding carboxylic acids is 1. The van der Waals surface area contributed by atoms with Crippen LogP contribution >= 0.6 is 0 Å². The highest BCUT2D eigenvalue weighted by atomic mass is 16.5. The molecule has 1 saturated heterocycles. The summed E-state index contributed by atoms with van der Waals surface area (Å²) in [6.07, 6.45) is 1.34. The van der Waals surface area contributed by atoms with Gasteiger partial charge in [0, 0.05) is 25.4 Å². The molecule has 2 atom stereocenters. The van der Waals surface area contributed by atoms with Crippen LogP contribution < -0.4 is 10.1 Å². The molecule has 0 unspecified atom stereocenters. The number of rotatable bonds is 4. The van der Waals surface area contributed by atoms with Gasteiger partial charge >= 0.3 is 0 Å². The molecule has 18 heavy (non-hydrogen) atoms. The average Bonchev–Trinajstić information content (AvgIpc) is 2.86. The van der Waals surface area contributed by atoms with Crippen LogP contribution in [0.3, 0.4) is 0 Å². The summed E-state index contributed by atoms with van der Waals surface area (Å²) in [4.78, 5) is 13.9. The number of aliphatic hydroxyl groups excluding tert-OH is 1. The standard InChI is InChI=1S/C11H18N4O3/c1-15-5-7(8(16)6-15)3-10(17)13-11-9(18-2)4-12-14-11/h4,7-8,16H,3,5-6H2,1-2H3,(H2,12,13,14,17)/t7-,8-/m1/s1. The Kier molecular flexibility index (Phi) is 3.83. The van der Waals surface area contributed by atoms with Crippen molar-refractivity contribution >= 4 is 11.7 Å². The van der Waals surface area contributed by atoms with Gasteiger partial charge in [-0.2, -0.15) is 5.10 Å². The summed E-state index contributed by atoms with van der Waals surface area (Å²) in [6.45, 7) is 1.35. The number of anilines is 1. The van der Waals surface area contributed by atoms with Crippen LogP contribution in [-0.2, 0) is 4.79 Å². The van der Waals surface area contributed by atoms with Crippen LogP contribution in [0.4, 0.5) is 5.82 Å². The fourth-order valence-corrected chi connectivity index (χ4v) is 2.21. The number of nitrogens with one attached hydrogen (secondary N) is 2. The van der Waals surface area contributed by atoms with Crippen LogP contribution in [-0.4, -0.2) is 59.5 Å². The van der Waals surface area contributed by atoms with E-state index in [-0.39, 0.29) is 18.2 Å². The monoisotopic (exact) mass is 254 g/mol. The number of aromatic nitrogens is 2. The number of aromatic amines is 1. The first-order chi connectivity index (χ1) is 8.60.